The van der Waals surface area contributed by atoms with Gasteiger partial charge in [-0.25, -0.2) is 0 Å². The molecule has 0 aromatic carbocycles. The van der Waals surface area contributed by atoms with Crippen molar-refractivity contribution in [2.24, 2.45) is 0 Å². The van der Waals surface area contributed by atoms with Gasteiger partial charge in [-0.05, 0) is 19.3 Å². The van der Waals surface area contributed by atoms with E-state index >= 15 is 0 Å². The molecule has 0 amide bonds. The van der Waals surface area contributed by atoms with Gasteiger partial charge >= 0.3 is 0 Å². The fraction of sp³-hybridized carbons (Fsp3) is 1.00. The largest absolute Gasteiger partial charge is 0.332 e. The Bertz CT molecular complexity index is 216. The van der Waals surface area contributed by atoms with Crippen LogP contribution in [0.25, 0.3) is 0 Å². The Balaban J connectivity index is 3.34. The first-order valence-electron chi connectivity index (χ1n) is 10.0. The summed E-state index contributed by atoms with van der Waals surface area (Å²) >= 11 is 0. The summed E-state index contributed by atoms with van der Waals surface area (Å²) in [7, 11) is 4.61. The minimum atomic E-state index is 0.879. The molecule has 0 aliphatic rings. The zero-order chi connectivity index (χ0) is 16.5. The zero-order valence-corrected chi connectivity index (χ0v) is 16.2. The van der Waals surface area contributed by atoms with Crippen molar-refractivity contribution in [3.63, 3.8) is 0 Å². The summed E-state index contributed by atoms with van der Waals surface area (Å²) in [6, 6.07) is 0. The van der Waals surface area contributed by atoms with Crippen molar-refractivity contribution < 1.29 is 9.22 Å². The summed E-state index contributed by atoms with van der Waals surface area (Å²) in [6.07, 6.45) is 17.9. The van der Waals surface area contributed by atoms with E-state index in [1.54, 1.807) is 0 Å². The number of rotatable bonds is 17. The lowest BCUT2D eigenvalue weighted by Crippen LogP contribution is -2.42. The van der Waals surface area contributed by atoms with Gasteiger partial charge in [0, 0.05) is 0 Å². The van der Waals surface area contributed by atoms with Gasteiger partial charge in [0.15, 0.2) is 6.73 Å². The molecule has 0 aliphatic heterocycles. The molecule has 2 heteroatoms. The second-order valence-corrected chi connectivity index (χ2v) is 7.59. The predicted molar refractivity (Wildman–Crippen MR) is 99.2 cm³/mol. The van der Waals surface area contributed by atoms with Crippen LogP contribution in [0.3, 0.4) is 0 Å². The standard InChI is InChI=1S/C20H44NO/c1-5-7-9-11-12-13-14-16-18-21(3,4)20-22-19-17-15-10-8-6-2/h5-20H2,1-4H3/q+1. The minimum absolute atomic E-state index is 0.879. The summed E-state index contributed by atoms with van der Waals surface area (Å²) < 4.78 is 6.89. The number of unbranched alkanes of at least 4 members (excludes halogenated alkanes) is 11. The molecule has 22 heavy (non-hydrogen) atoms. The monoisotopic (exact) mass is 314 g/mol. The van der Waals surface area contributed by atoms with Gasteiger partial charge in [0.05, 0.1) is 27.2 Å². The molecule has 0 saturated carbocycles. The molecular weight excluding hydrogens is 270 g/mol. The van der Waals surface area contributed by atoms with Gasteiger partial charge < -0.3 is 9.22 Å². The van der Waals surface area contributed by atoms with Gasteiger partial charge in [-0.2, -0.15) is 0 Å². The number of ether oxygens (including phenoxy) is 1. The Kier molecular flexibility index (Phi) is 15.7. The van der Waals surface area contributed by atoms with E-state index in [9.17, 15) is 0 Å². The van der Waals surface area contributed by atoms with Crippen molar-refractivity contribution in [3.8, 4) is 0 Å². The van der Waals surface area contributed by atoms with Crippen LogP contribution in [0.1, 0.15) is 97.3 Å². The molecule has 0 bridgehead atoms. The van der Waals surface area contributed by atoms with Crippen LogP contribution in [-0.4, -0.2) is 38.5 Å². The second-order valence-electron chi connectivity index (χ2n) is 7.59. The Hall–Kier alpha value is -0.0800. The van der Waals surface area contributed by atoms with Crippen LogP contribution in [0.15, 0.2) is 0 Å². The molecule has 0 aliphatic carbocycles. The van der Waals surface area contributed by atoms with Crippen molar-refractivity contribution in [1.82, 2.24) is 0 Å². The first-order valence-corrected chi connectivity index (χ1v) is 10.0. The molecule has 0 rings (SSSR count). The highest BCUT2D eigenvalue weighted by atomic mass is 16.5. The highest BCUT2D eigenvalue weighted by Gasteiger charge is 2.13. The fourth-order valence-electron chi connectivity index (χ4n) is 2.86. The lowest BCUT2D eigenvalue weighted by Gasteiger charge is -2.29. The van der Waals surface area contributed by atoms with E-state index in [1.807, 2.05) is 0 Å². The first-order chi connectivity index (χ1) is 10.6. The van der Waals surface area contributed by atoms with Crippen molar-refractivity contribution in [1.29, 1.82) is 0 Å². The van der Waals surface area contributed by atoms with Crippen LogP contribution < -0.4 is 0 Å². The quantitative estimate of drug-likeness (QED) is 0.178. The Labute approximate surface area is 141 Å². The molecular formula is C20H44NO+. The van der Waals surface area contributed by atoms with Gasteiger partial charge in [-0.3, -0.25) is 0 Å². The van der Waals surface area contributed by atoms with Crippen molar-refractivity contribution in [3.05, 3.63) is 0 Å². The molecule has 0 radical (unpaired) electrons. The van der Waals surface area contributed by atoms with Gasteiger partial charge in [0.2, 0.25) is 0 Å². The predicted octanol–water partition coefficient (Wildman–Crippen LogP) is 6.15. The molecule has 0 spiro atoms. The molecule has 0 saturated heterocycles. The normalized spacial score (nSPS) is 12.0. The SMILES string of the molecule is CCCCCCCCCC[N+](C)(C)COCCCCCCC. The van der Waals surface area contributed by atoms with Crippen LogP contribution in [0, 0.1) is 0 Å². The lowest BCUT2D eigenvalue weighted by atomic mass is 10.1. The van der Waals surface area contributed by atoms with E-state index in [0.717, 1.165) is 17.8 Å². The minimum Gasteiger partial charge on any atom is -0.332 e. The topological polar surface area (TPSA) is 9.23 Å². The molecule has 0 aromatic rings. The van der Waals surface area contributed by atoms with Gasteiger partial charge in [-0.15, -0.1) is 0 Å². The molecule has 0 aromatic heterocycles. The zero-order valence-electron chi connectivity index (χ0n) is 16.2. The van der Waals surface area contributed by atoms with E-state index in [1.165, 1.54) is 90.0 Å². The highest BCUT2D eigenvalue weighted by molar-refractivity contribution is 4.46. The summed E-state index contributed by atoms with van der Waals surface area (Å²) in [6.45, 7) is 7.63. The summed E-state index contributed by atoms with van der Waals surface area (Å²) in [5, 5.41) is 0. The average Bonchev–Trinajstić information content (AvgIpc) is 2.49. The van der Waals surface area contributed by atoms with E-state index in [-0.39, 0.29) is 0 Å². The van der Waals surface area contributed by atoms with Crippen molar-refractivity contribution in [2.45, 2.75) is 97.3 Å². The second kappa shape index (κ2) is 15.8. The van der Waals surface area contributed by atoms with Crippen molar-refractivity contribution >= 4 is 0 Å². The van der Waals surface area contributed by atoms with Crippen LogP contribution in [0.2, 0.25) is 0 Å². The third-order valence-corrected chi connectivity index (χ3v) is 4.45. The first kappa shape index (κ1) is 21.9. The smallest absolute Gasteiger partial charge is 0.182 e. The molecule has 2 nitrogen and oxygen atoms in total. The number of hydrogen-bond donors (Lipinski definition) is 0. The maximum atomic E-state index is 5.87. The van der Waals surface area contributed by atoms with Crippen LogP contribution in [0.5, 0.6) is 0 Å². The van der Waals surface area contributed by atoms with Gasteiger partial charge in [-0.1, -0.05) is 78.1 Å². The number of hydrogen-bond acceptors (Lipinski definition) is 1. The van der Waals surface area contributed by atoms with Crippen LogP contribution in [0.4, 0.5) is 0 Å². The molecule has 0 N–H and O–H groups in total. The van der Waals surface area contributed by atoms with E-state index in [0.29, 0.717) is 0 Å². The van der Waals surface area contributed by atoms with Crippen LogP contribution >= 0.6 is 0 Å². The Morgan fingerprint density at radius 1 is 0.591 bits per heavy atom. The summed E-state index contributed by atoms with van der Waals surface area (Å²) in [5.74, 6) is 0. The van der Waals surface area contributed by atoms with E-state index in [2.05, 4.69) is 27.9 Å². The average molecular weight is 315 g/mol. The van der Waals surface area contributed by atoms with Gasteiger partial charge in [0.25, 0.3) is 0 Å². The molecule has 134 valence electrons. The Morgan fingerprint density at radius 3 is 1.59 bits per heavy atom. The van der Waals surface area contributed by atoms with Gasteiger partial charge in [0.1, 0.15) is 0 Å². The third kappa shape index (κ3) is 16.3. The van der Waals surface area contributed by atoms with Crippen LogP contribution in [-0.2, 0) is 4.74 Å². The highest BCUT2D eigenvalue weighted by Crippen LogP contribution is 2.10. The maximum Gasteiger partial charge on any atom is 0.182 e. The molecule has 0 unspecified atom stereocenters. The van der Waals surface area contributed by atoms with E-state index < -0.39 is 0 Å². The van der Waals surface area contributed by atoms with Crippen molar-refractivity contribution in [2.75, 3.05) is 34.0 Å². The third-order valence-electron chi connectivity index (χ3n) is 4.45. The Morgan fingerprint density at radius 2 is 1.05 bits per heavy atom. The summed E-state index contributed by atoms with van der Waals surface area (Å²) in [5.41, 5.74) is 0. The molecule has 0 atom stereocenters. The summed E-state index contributed by atoms with van der Waals surface area (Å²) in [4.78, 5) is 0. The lowest BCUT2D eigenvalue weighted by molar-refractivity contribution is -0.909. The number of quaternary nitrogens is 1. The maximum absolute atomic E-state index is 5.87. The molecule has 0 heterocycles. The number of nitrogens with zero attached hydrogens (tertiary/aromatic N) is 1. The fourth-order valence-corrected chi connectivity index (χ4v) is 2.86. The van der Waals surface area contributed by atoms with E-state index in [4.69, 9.17) is 4.74 Å². The molecule has 0 fully saturated rings.